The highest BCUT2D eigenvalue weighted by Gasteiger charge is 2.32. The molecule has 7 nitrogen and oxygen atoms in total. The predicted molar refractivity (Wildman–Crippen MR) is 125 cm³/mol. The molecule has 32 heavy (non-hydrogen) atoms. The highest BCUT2D eigenvalue weighted by atomic mass is 127. The van der Waals surface area contributed by atoms with Crippen LogP contribution in [0, 0.1) is 6.92 Å². The summed E-state index contributed by atoms with van der Waals surface area (Å²) in [7, 11) is 1.61. The van der Waals surface area contributed by atoms with E-state index in [2.05, 4.69) is 25.3 Å². The Balaban J connectivity index is 0.00000363. The van der Waals surface area contributed by atoms with Crippen LogP contribution in [0.2, 0.25) is 0 Å². The highest BCUT2D eigenvalue weighted by Crippen LogP contribution is 2.26. The van der Waals surface area contributed by atoms with Gasteiger partial charge in [-0.2, -0.15) is 0 Å². The molecule has 1 atom stereocenters. The number of rotatable bonds is 7. The van der Waals surface area contributed by atoms with Crippen molar-refractivity contribution in [3.63, 3.8) is 0 Å². The molecule has 2 heterocycles. The minimum Gasteiger partial charge on any atom is -0.465 e. The number of guanidine groups is 1. The van der Waals surface area contributed by atoms with Crippen LogP contribution in [-0.2, 0) is 11.3 Å². The van der Waals surface area contributed by atoms with Crippen molar-refractivity contribution in [1.29, 1.82) is 0 Å². The summed E-state index contributed by atoms with van der Waals surface area (Å²) in [6.45, 7) is 5.38. The summed E-state index contributed by atoms with van der Waals surface area (Å²) in [6.07, 6.45) is -4.75. The van der Waals surface area contributed by atoms with Gasteiger partial charge in [-0.1, -0.05) is 18.2 Å². The lowest BCUT2D eigenvalue weighted by Gasteiger charge is -2.33. The van der Waals surface area contributed by atoms with Gasteiger partial charge in [0, 0.05) is 38.8 Å². The molecule has 11 heteroatoms. The first-order valence-corrected chi connectivity index (χ1v) is 10.0. The van der Waals surface area contributed by atoms with Crippen LogP contribution >= 0.6 is 24.0 Å². The fourth-order valence-corrected chi connectivity index (χ4v) is 3.40. The van der Waals surface area contributed by atoms with Gasteiger partial charge in [0.25, 0.3) is 0 Å². The number of furan rings is 1. The number of nitrogens with one attached hydrogen (secondary N) is 2. The highest BCUT2D eigenvalue weighted by molar-refractivity contribution is 14.0. The van der Waals surface area contributed by atoms with Crippen molar-refractivity contribution in [2.45, 2.75) is 25.9 Å². The number of ether oxygens (including phenoxy) is 2. The van der Waals surface area contributed by atoms with Crippen molar-refractivity contribution in [3.05, 3.63) is 53.5 Å². The topological polar surface area (TPSA) is 71.3 Å². The van der Waals surface area contributed by atoms with Crippen LogP contribution in [0.15, 0.2) is 45.8 Å². The van der Waals surface area contributed by atoms with Crippen LogP contribution in [0.4, 0.5) is 13.2 Å². The number of hydrogen-bond donors (Lipinski definition) is 2. The van der Waals surface area contributed by atoms with E-state index in [1.54, 1.807) is 19.2 Å². The van der Waals surface area contributed by atoms with E-state index in [0.717, 1.165) is 24.6 Å². The Morgan fingerprint density at radius 2 is 1.88 bits per heavy atom. The van der Waals surface area contributed by atoms with Gasteiger partial charge in [0.15, 0.2) is 5.96 Å². The lowest BCUT2D eigenvalue weighted by Crippen LogP contribution is -2.46. The number of nitrogens with zero attached hydrogens (tertiary/aromatic N) is 2. The normalized spacial score (nSPS) is 16.2. The van der Waals surface area contributed by atoms with Crippen LogP contribution in [0.5, 0.6) is 5.75 Å². The first-order chi connectivity index (χ1) is 14.9. The number of aryl methyl sites for hydroxylation is 1. The Morgan fingerprint density at radius 3 is 2.50 bits per heavy atom. The van der Waals surface area contributed by atoms with E-state index in [9.17, 15) is 13.2 Å². The van der Waals surface area contributed by atoms with Gasteiger partial charge >= 0.3 is 6.36 Å². The molecule has 1 aromatic carbocycles. The van der Waals surface area contributed by atoms with Crippen molar-refractivity contribution >= 4 is 29.9 Å². The lowest BCUT2D eigenvalue weighted by molar-refractivity contribution is -0.274. The summed E-state index contributed by atoms with van der Waals surface area (Å²) in [5.41, 5.74) is 0.370. The van der Waals surface area contributed by atoms with Crippen LogP contribution < -0.4 is 15.4 Å². The SMILES string of the molecule is CN=C(NCc1ccccc1OC(F)(F)F)NCC(c1ccc(C)o1)N1CCOCC1.I. The van der Waals surface area contributed by atoms with Crippen LogP contribution in [0.3, 0.4) is 0 Å². The summed E-state index contributed by atoms with van der Waals surface area (Å²) < 4.78 is 53.3. The molecule has 3 rings (SSSR count). The number of aliphatic imine (C=N–C) groups is 1. The molecule has 1 fully saturated rings. The van der Waals surface area contributed by atoms with Crippen molar-refractivity contribution in [1.82, 2.24) is 15.5 Å². The average molecular weight is 568 g/mol. The van der Waals surface area contributed by atoms with Gasteiger partial charge in [0.05, 0.1) is 19.3 Å². The van der Waals surface area contributed by atoms with Gasteiger partial charge in [-0.3, -0.25) is 9.89 Å². The average Bonchev–Trinajstić information content (AvgIpc) is 3.17. The summed E-state index contributed by atoms with van der Waals surface area (Å²) in [6, 6.07) is 9.86. The summed E-state index contributed by atoms with van der Waals surface area (Å²) in [5, 5.41) is 6.29. The van der Waals surface area contributed by atoms with Crippen LogP contribution in [0.25, 0.3) is 0 Å². The molecule has 1 aromatic heterocycles. The number of benzene rings is 1. The molecule has 178 valence electrons. The van der Waals surface area contributed by atoms with Crippen molar-refractivity contribution < 1.29 is 27.1 Å². The van der Waals surface area contributed by atoms with E-state index in [0.29, 0.717) is 31.3 Å². The van der Waals surface area contributed by atoms with Crippen molar-refractivity contribution in [2.24, 2.45) is 4.99 Å². The van der Waals surface area contributed by atoms with Gasteiger partial charge in [-0.25, -0.2) is 0 Å². The van der Waals surface area contributed by atoms with Crippen molar-refractivity contribution in [3.8, 4) is 5.75 Å². The Bertz CT molecular complexity index is 870. The fraction of sp³-hybridized carbons (Fsp3) is 0.476. The molecule has 1 unspecified atom stereocenters. The summed E-state index contributed by atoms with van der Waals surface area (Å²) >= 11 is 0. The molecular weight excluding hydrogens is 540 g/mol. The zero-order chi connectivity index (χ0) is 22.3. The molecule has 1 saturated heterocycles. The smallest absolute Gasteiger partial charge is 0.465 e. The van der Waals surface area contributed by atoms with E-state index in [1.165, 1.54) is 12.1 Å². The molecule has 2 aromatic rings. The predicted octanol–water partition coefficient (Wildman–Crippen LogP) is 3.84. The number of morpholine rings is 1. The minimum absolute atomic E-state index is 0. The standard InChI is InChI=1S/C21H27F3N4O3.HI/c1-15-7-8-19(30-15)17(28-9-11-29-12-10-28)14-27-20(25-2)26-13-16-5-3-4-6-18(16)31-21(22,23)24;/h3-8,17H,9-14H2,1-2H3,(H2,25,26,27);1H. The molecule has 0 radical (unpaired) electrons. The summed E-state index contributed by atoms with van der Waals surface area (Å²) in [5.74, 6) is 1.89. The molecule has 0 bridgehead atoms. The summed E-state index contributed by atoms with van der Waals surface area (Å²) in [4.78, 5) is 6.45. The first kappa shape index (κ1) is 26.3. The van der Waals surface area contributed by atoms with Gasteiger partial charge < -0.3 is 24.5 Å². The maximum absolute atomic E-state index is 12.6. The van der Waals surface area contributed by atoms with Crippen LogP contribution in [-0.4, -0.2) is 57.1 Å². The third kappa shape index (κ3) is 7.85. The molecule has 0 aliphatic carbocycles. The van der Waals surface area contributed by atoms with Crippen LogP contribution in [0.1, 0.15) is 23.1 Å². The minimum atomic E-state index is -4.75. The Labute approximate surface area is 202 Å². The zero-order valence-electron chi connectivity index (χ0n) is 17.9. The quantitative estimate of drug-likeness (QED) is 0.301. The number of alkyl halides is 3. The zero-order valence-corrected chi connectivity index (χ0v) is 20.3. The second-order valence-electron chi connectivity index (χ2n) is 7.07. The van der Waals surface area contributed by atoms with Gasteiger partial charge in [0.1, 0.15) is 17.3 Å². The molecule has 0 amide bonds. The lowest BCUT2D eigenvalue weighted by atomic mass is 10.1. The number of para-hydroxylation sites is 1. The molecular formula is C21H28F3IN4O3. The fourth-order valence-electron chi connectivity index (χ4n) is 3.40. The molecule has 2 N–H and O–H groups in total. The van der Waals surface area contributed by atoms with Gasteiger partial charge in [0.2, 0.25) is 0 Å². The van der Waals surface area contributed by atoms with E-state index >= 15 is 0 Å². The molecule has 1 aliphatic heterocycles. The number of halogens is 4. The Morgan fingerprint density at radius 1 is 1.16 bits per heavy atom. The second-order valence-corrected chi connectivity index (χ2v) is 7.07. The van der Waals surface area contributed by atoms with E-state index in [-0.39, 0.29) is 42.3 Å². The first-order valence-electron chi connectivity index (χ1n) is 10.0. The number of hydrogen-bond acceptors (Lipinski definition) is 5. The van der Waals surface area contributed by atoms with E-state index in [4.69, 9.17) is 9.15 Å². The molecule has 1 aliphatic rings. The van der Waals surface area contributed by atoms with Gasteiger partial charge in [-0.05, 0) is 25.1 Å². The monoisotopic (exact) mass is 568 g/mol. The van der Waals surface area contributed by atoms with E-state index in [1.807, 2.05) is 19.1 Å². The largest absolute Gasteiger partial charge is 0.573 e. The Hall–Kier alpha value is -1.99. The molecule has 0 spiro atoms. The molecule has 0 saturated carbocycles. The van der Waals surface area contributed by atoms with E-state index < -0.39 is 6.36 Å². The maximum Gasteiger partial charge on any atom is 0.573 e. The van der Waals surface area contributed by atoms with Crippen molar-refractivity contribution in [2.75, 3.05) is 39.9 Å². The third-order valence-corrected chi connectivity index (χ3v) is 4.91. The second kappa shape index (κ2) is 12.3. The Kier molecular flexibility index (Phi) is 10.1. The maximum atomic E-state index is 12.6. The van der Waals surface area contributed by atoms with Gasteiger partial charge in [-0.15, -0.1) is 37.1 Å². The third-order valence-electron chi connectivity index (χ3n) is 4.91.